The van der Waals surface area contributed by atoms with E-state index in [0.717, 1.165) is 16.7 Å². The van der Waals surface area contributed by atoms with Crippen LogP contribution >= 0.6 is 11.3 Å². The Bertz CT molecular complexity index is 911. The van der Waals surface area contributed by atoms with Crippen LogP contribution in [0.3, 0.4) is 0 Å². The van der Waals surface area contributed by atoms with Crippen LogP contribution in [0.25, 0.3) is 0 Å². The lowest BCUT2D eigenvalue weighted by atomic mass is 9.99. The van der Waals surface area contributed by atoms with E-state index in [1.807, 2.05) is 22.9 Å². The molecule has 0 aliphatic carbocycles. The lowest BCUT2D eigenvalue weighted by Crippen LogP contribution is -2.18. The van der Waals surface area contributed by atoms with Crippen LogP contribution in [0.15, 0.2) is 41.4 Å². The van der Waals surface area contributed by atoms with Crippen molar-refractivity contribution in [3.05, 3.63) is 69.4 Å². The average molecular weight is 353 g/mol. The van der Waals surface area contributed by atoms with E-state index in [1.165, 1.54) is 24.6 Å². The van der Waals surface area contributed by atoms with Crippen molar-refractivity contribution in [2.75, 3.05) is 0 Å². The summed E-state index contributed by atoms with van der Waals surface area (Å²) in [5, 5.41) is 9.92. The Kier molecular flexibility index (Phi) is 4.95. The van der Waals surface area contributed by atoms with E-state index in [1.54, 1.807) is 12.1 Å². The Labute approximate surface area is 147 Å². The zero-order valence-corrected chi connectivity index (χ0v) is 14.3. The fraction of sp³-hybridized carbons (Fsp3) is 0.167. The number of nitrogens with one attached hydrogen (secondary N) is 1. The minimum Gasteiger partial charge on any atom is -0.295 e. The number of aromatic amines is 1. The molecule has 2 aromatic heterocycles. The fourth-order valence-corrected chi connectivity index (χ4v) is 3.30. The largest absolute Gasteiger partial charge is 0.295 e. The van der Waals surface area contributed by atoms with Gasteiger partial charge in [0, 0.05) is 12.0 Å². The Morgan fingerprint density at radius 2 is 1.80 bits per heavy atom. The van der Waals surface area contributed by atoms with Gasteiger partial charge in [0.05, 0.1) is 0 Å². The summed E-state index contributed by atoms with van der Waals surface area (Å²) in [5.41, 5.74) is 3.53. The highest BCUT2D eigenvalue weighted by atomic mass is 32.1. The molecule has 0 atom stereocenters. The van der Waals surface area contributed by atoms with E-state index in [0.29, 0.717) is 12.0 Å². The molecule has 0 aliphatic heterocycles. The smallest absolute Gasteiger partial charge is 0.267 e. The van der Waals surface area contributed by atoms with Crippen molar-refractivity contribution >= 4 is 28.7 Å². The lowest BCUT2D eigenvalue weighted by Gasteiger charge is -2.04. The Hall–Kier alpha value is -2.93. The normalized spacial score (nSPS) is 10.6. The molecule has 1 aromatic carbocycles. The number of rotatable bonds is 7. The second-order valence-electron chi connectivity index (χ2n) is 5.60. The number of carbonyl (C=O) groups is 3. The zero-order chi connectivity index (χ0) is 17.8. The minimum absolute atomic E-state index is 0.0255. The highest BCUT2D eigenvalue weighted by molar-refractivity contribution is 7.08. The minimum atomic E-state index is -0.691. The van der Waals surface area contributed by atoms with Gasteiger partial charge < -0.3 is 0 Å². The molecule has 3 aromatic rings. The summed E-state index contributed by atoms with van der Waals surface area (Å²) in [6, 6.07) is 7.39. The van der Waals surface area contributed by atoms with Gasteiger partial charge in [-0.1, -0.05) is 24.3 Å². The number of Topliss-reactive ketones (excluding diaryl/α,β-unsaturated/α-hetero) is 3. The Morgan fingerprint density at radius 1 is 1.08 bits per heavy atom. The highest BCUT2D eigenvalue weighted by Gasteiger charge is 2.21. The van der Waals surface area contributed by atoms with Crippen LogP contribution < -0.4 is 0 Å². The van der Waals surface area contributed by atoms with Crippen molar-refractivity contribution in [2.24, 2.45) is 0 Å². The summed E-state index contributed by atoms with van der Waals surface area (Å²) in [4.78, 5) is 39.2. The number of thiophene rings is 1. The summed E-state index contributed by atoms with van der Waals surface area (Å²) >= 11 is 1.49. The lowest BCUT2D eigenvalue weighted by molar-refractivity contribution is -0.114. The first-order chi connectivity index (χ1) is 12.0. The zero-order valence-electron chi connectivity index (χ0n) is 13.5. The molecule has 0 amide bonds. The maximum Gasteiger partial charge on any atom is 0.267 e. The Balaban J connectivity index is 1.71. The molecule has 0 radical (unpaired) electrons. The number of benzene rings is 1. The second-order valence-corrected chi connectivity index (χ2v) is 6.35. The standard InChI is InChI=1S/C18H15N3O3S/c1-11(22)13-4-2-12(3-5-13)6-14-8-25-9-15(14)7-16(23)17(24)18-19-10-20-21-18/h2-5,8-10H,6-7H2,1H3,(H,19,20,21). The molecule has 7 heteroatoms. The van der Waals surface area contributed by atoms with Gasteiger partial charge >= 0.3 is 0 Å². The third kappa shape index (κ3) is 3.95. The van der Waals surface area contributed by atoms with Crippen LogP contribution in [-0.2, 0) is 17.6 Å². The first-order valence-corrected chi connectivity index (χ1v) is 8.56. The molecular weight excluding hydrogens is 338 g/mol. The van der Waals surface area contributed by atoms with Crippen molar-refractivity contribution in [3.8, 4) is 0 Å². The van der Waals surface area contributed by atoms with Crippen molar-refractivity contribution in [1.29, 1.82) is 0 Å². The third-order valence-electron chi connectivity index (χ3n) is 3.81. The number of ketones is 3. The fourth-order valence-electron chi connectivity index (χ4n) is 2.43. The first kappa shape index (κ1) is 16.9. The first-order valence-electron chi connectivity index (χ1n) is 7.61. The predicted octanol–water partition coefficient (Wildman–Crippen LogP) is 2.65. The summed E-state index contributed by atoms with van der Waals surface area (Å²) in [5.74, 6) is -1.31. The Morgan fingerprint density at radius 3 is 2.44 bits per heavy atom. The molecule has 0 aliphatic rings. The van der Waals surface area contributed by atoms with Gasteiger partial charge in [0.15, 0.2) is 5.78 Å². The van der Waals surface area contributed by atoms with E-state index < -0.39 is 11.6 Å². The van der Waals surface area contributed by atoms with E-state index in [9.17, 15) is 14.4 Å². The van der Waals surface area contributed by atoms with Gasteiger partial charge in [-0.05, 0) is 40.8 Å². The quantitative estimate of drug-likeness (QED) is 0.521. The molecule has 126 valence electrons. The maximum absolute atomic E-state index is 12.2. The van der Waals surface area contributed by atoms with Gasteiger partial charge in [0.1, 0.15) is 6.33 Å². The summed E-state index contributed by atoms with van der Waals surface area (Å²) < 4.78 is 0. The van der Waals surface area contributed by atoms with Crippen molar-refractivity contribution in [2.45, 2.75) is 19.8 Å². The number of hydrogen-bond acceptors (Lipinski definition) is 6. The summed E-state index contributed by atoms with van der Waals surface area (Å²) in [6.45, 7) is 1.53. The van der Waals surface area contributed by atoms with E-state index >= 15 is 0 Å². The molecule has 0 spiro atoms. The molecule has 0 fully saturated rings. The third-order valence-corrected chi connectivity index (χ3v) is 4.65. The molecule has 0 unspecified atom stereocenters. The number of H-pyrrole nitrogens is 1. The summed E-state index contributed by atoms with van der Waals surface area (Å²) in [7, 11) is 0. The van der Waals surface area contributed by atoms with Crippen molar-refractivity contribution in [3.63, 3.8) is 0 Å². The van der Waals surface area contributed by atoms with Crippen LogP contribution in [0, 0.1) is 0 Å². The van der Waals surface area contributed by atoms with Crippen molar-refractivity contribution in [1.82, 2.24) is 15.2 Å². The van der Waals surface area contributed by atoms with Crippen LogP contribution in [-0.4, -0.2) is 32.5 Å². The SMILES string of the molecule is CC(=O)c1ccc(Cc2cscc2CC(=O)C(=O)c2nc[nH]n2)cc1. The molecule has 25 heavy (non-hydrogen) atoms. The molecule has 0 saturated heterocycles. The van der Waals surface area contributed by atoms with Gasteiger partial charge in [0.25, 0.3) is 5.78 Å². The van der Waals surface area contributed by atoms with E-state index in [2.05, 4.69) is 15.2 Å². The molecule has 0 bridgehead atoms. The number of aromatic nitrogens is 3. The van der Waals surface area contributed by atoms with Gasteiger partial charge in [-0.2, -0.15) is 11.3 Å². The van der Waals surface area contributed by atoms with Crippen LogP contribution in [0.1, 0.15) is 44.6 Å². The van der Waals surface area contributed by atoms with E-state index in [-0.39, 0.29) is 18.0 Å². The topological polar surface area (TPSA) is 92.8 Å². The molecular formula is C18H15N3O3S. The monoisotopic (exact) mass is 353 g/mol. The predicted molar refractivity (Wildman–Crippen MR) is 93.0 cm³/mol. The highest BCUT2D eigenvalue weighted by Crippen LogP contribution is 2.20. The van der Waals surface area contributed by atoms with Gasteiger partial charge in [-0.25, -0.2) is 4.98 Å². The van der Waals surface area contributed by atoms with Gasteiger partial charge in [-0.15, -0.1) is 5.10 Å². The van der Waals surface area contributed by atoms with Crippen LogP contribution in [0.5, 0.6) is 0 Å². The van der Waals surface area contributed by atoms with Gasteiger partial charge in [0.2, 0.25) is 11.6 Å². The molecule has 6 nitrogen and oxygen atoms in total. The second kappa shape index (κ2) is 7.31. The average Bonchev–Trinajstić information content (AvgIpc) is 3.27. The molecule has 3 rings (SSSR count). The van der Waals surface area contributed by atoms with Crippen molar-refractivity contribution < 1.29 is 14.4 Å². The van der Waals surface area contributed by atoms with Crippen LogP contribution in [0.2, 0.25) is 0 Å². The molecule has 2 heterocycles. The van der Waals surface area contributed by atoms with E-state index in [4.69, 9.17) is 0 Å². The molecule has 0 saturated carbocycles. The van der Waals surface area contributed by atoms with Gasteiger partial charge in [-0.3, -0.25) is 19.5 Å². The number of hydrogen-bond donors (Lipinski definition) is 1. The number of nitrogens with zero attached hydrogens (tertiary/aromatic N) is 2. The maximum atomic E-state index is 12.2. The number of carbonyl (C=O) groups excluding carboxylic acids is 3. The molecule has 1 N–H and O–H groups in total. The van der Waals surface area contributed by atoms with Crippen LogP contribution in [0.4, 0.5) is 0 Å². The summed E-state index contributed by atoms with van der Waals surface area (Å²) in [6.07, 6.45) is 1.93.